The number of thiazole rings is 1. The van der Waals surface area contributed by atoms with Crippen LogP contribution in [0.5, 0.6) is 0 Å². The second-order valence-electron chi connectivity index (χ2n) is 9.05. The molecule has 1 atom stereocenters. The van der Waals surface area contributed by atoms with Crippen molar-refractivity contribution >= 4 is 28.8 Å². The van der Waals surface area contributed by atoms with E-state index >= 15 is 0 Å². The number of piperazine rings is 1. The van der Waals surface area contributed by atoms with Gasteiger partial charge in [-0.1, -0.05) is 0 Å². The molecule has 35 heavy (non-hydrogen) atoms. The first-order valence-corrected chi connectivity index (χ1v) is 12.8. The lowest BCUT2D eigenvalue weighted by molar-refractivity contribution is -0.137. The van der Waals surface area contributed by atoms with Gasteiger partial charge in [0, 0.05) is 62.9 Å². The van der Waals surface area contributed by atoms with E-state index in [1.165, 1.54) is 23.5 Å². The minimum Gasteiger partial charge on any atom is -0.368 e. The van der Waals surface area contributed by atoms with E-state index in [0.29, 0.717) is 49.8 Å². The van der Waals surface area contributed by atoms with Gasteiger partial charge in [0.25, 0.3) is 5.91 Å². The quantitative estimate of drug-likeness (QED) is 0.552. The molecule has 0 bridgehead atoms. The maximum absolute atomic E-state index is 13.4. The molecule has 5 rings (SSSR count). The summed E-state index contributed by atoms with van der Waals surface area (Å²) in [6.45, 7) is 5.63. The summed E-state index contributed by atoms with van der Waals surface area (Å²) >= 11 is 1.38. The van der Waals surface area contributed by atoms with Crippen LogP contribution in [0.25, 0.3) is 10.6 Å². The van der Waals surface area contributed by atoms with E-state index in [1.807, 2.05) is 28.9 Å². The Balaban J connectivity index is 1.21. The summed E-state index contributed by atoms with van der Waals surface area (Å²) in [6, 6.07) is 10.3. The van der Waals surface area contributed by atoms with Crippen molar-refractivity contribution in [2.45, 2.75) is 19.8 Å². The molecule has 1 unspecified atom stereocenters. The first-order chi connectivity index (χ1) is 17.0. The van der Waals surface area contributed by atoms with Crippen LogP contribution in [0.1, 0.15) is 28.2 Å². The number of likely N-dealkylation sites (tertiary alicyclic amines) is 1. The summed E-state index contributed by atoms with van der Waals surface area (Å²) in [4.78, 5) is 41.9. The third-order valence-electron chi connectivity index (χ3n) is 6.74. The first kappa shape index (κ1) is 23.4. The SMILES string of the molecule is Cc1nc(-c2cccnc2)sc1C(=O)N1CCCC(C(=O)N2CCN(c3ccc(F)cc3)CC2)C1. The van der Waals surface area contributed by atoms with Crippen molar-refractivity contribution < 1.29 is 14.0 Å². The van der Waals surface area contributed by atoms with Crippen LogP contribution in [0.4, 0.5) is 10.1 Å². The molecule has 0 N–H and O–H groups in total. The van der Waals surface area contributed by atoms with E-state index in [1.54, 1.807) is 24.5 Å². The van der Waals surface area contributed by atoms with Gasteiger partial charge in [0.2, 0.25) is 5.91 Å². The van der Waals surface area contributed by atoms with Crippen LogP contribution in [-0.2, 0) is 4.79 Å². The number of anilines is 1. The molecule has 0 spiro atoms. The summed E-state index contributed by atoms with van der Waals surface area (Å²) in [5.41, 5.74) is 2.58. The van der Waals surface area contributed by atoms with Crippen LogP contribution in [0.3, 0.4) is 0 Å². The molecule has 3 aromatic rings. The Morgan fingerprint density at radius 3 is 2.51 bits per heavy atom. The van der Waals surface area contributed by atoms with E-state index in [2.05, 4.69) is 14.9 Å². The molecule has 2 aliphatic heterocycles. The number of pyridine rings is 1. The normalized spacial score (nSPS) is 18.6. The fourth-order valence-corrected chi connectivity index (χ4v) is 5.83. The number of amides is 2. The highest BCUT2D eigenvalue weighted by atomic mass is 32.1. The summed E-state index contributed by atoms with van der Waals surface area (Å²) in [5, 5.41) is 0.780. The molecule has 1 aromatic carbocycles. The molecular formula is C26H28FN5O2S. The highest BCUT2D eigenvalue weighted by Gasteiger charge is 2.34. The average molecular weight is 494 g/mol. The fourth-order valence-electron chi connectivity index (χ4n) is 4.81. The molecule has 2 amide bonds. The number of hydrogen-bond donors (Lipinski definition) is 0. The zero-order valence-electron chi connectivity index (χ0n) is 19.7. The highest BCUT2D eigenvalue weighted by molar-refractivity contribution is 7.17. The number of carbonyl (C=O) groups is 2. The van der Waals surface area contributed by atoms with Gasteiger partial charge in [-0.05, 0) is 56.2 Å². The Labute approximate surface area is 208 Å². The summed E-state index contributed by atoms with van der Waals surface area (Å²) in [7, 11) is 0. The number of aromatic nitrogens is 2. The number of piperidine rings is 1. The summed E-state index contributed by atoms with van der Waals surface area (Å²) in [6.07, 6.45) is 5.07. The Morgan fingerprint density at radius 2 is 1.80 bits per heavy atom. The van der Waals surface area contributed by atoms with Crippen molar-refractivity contribution in [3.05, 3.63) is 65.2 Å². The number of nitrogens with zero attached hydrogens (tertiary/aromatic N) is 5. The highest BCUT2D eigenvalue weighted by Crippen LogP contribution is 2.30. The van der Waals surface area contributed by atoms with Gasteiger partial charge >= 0.3 is 0 Å². The van der Waals surface area contributed by atoms with Crippen LogP contribution in [0.2, 0.25) is 0 Å². The van der Waals surface area contributed by atoms with E-state index < -0.39 is 0 Å². The Kier molecular flexibility index (Phi) is 6.77. The maximum atomic E-state index is 13.4. The Hall–Kier alpha value is -3.33. The van der Waals surface area contributed by atoms with Crippen molar-refractivity contribution in [3.63, 3.8) is 0 Å². The van der Waals surface area contributed by atoms with Gasteiger partial charge in [0.15, 0.2) is 0 Å². The molecule has 182 valence electrons. The number of hydrogen-bond acceptors (Lipinski definition) is 6. The monoisotopic (exact) mass is 493 g/mol. The maximum Gasteiger partial charge on any atom is 0.265 e. The van der Waals surface area contributed by atoms with Gasteiger partial charge in [0.05, 0.1) is 11.6 Å². The van der Waals surface area contributed by atoms with E-state index in [0.717, 1.165) is 29.1 Å². The zero-order valence-corrected chi connectivity index (χ0v) is 20.5. The number of benzene rings is 1. The van der Waals surface area contributed by atoms with Crippen LogP contribution in [0.15, 0.2) is 48.8 Å². The van der Waals surface area contributed by atoms with Crippen molar-refractivity contribution in [2.24, 2.45) is 5.92 Å². The molecule has 0 radical (unpaired) electrons. The number of carbonyl (C=O) groups excluding carboxylic acids is 2. The van der Waals surface area contributed by atoms with Crippen LogP contribution in [0, 0.1) is 18.7 Å². The predicted octanol–water partition coefficient (Wildman–Crippen LogP) is 3.85. The minimum atomic E-state index is -0.249. The largest absolute Gasteiger partial charge is 0.368 e. The van der Waals surface area contributed by atoms with Gasteiger partial charge in [-0.2, -0.15) is 0 Å². The summed E-state index contributed by atoms with van der Waals surface area (Å²) in [5.74, 6) is -0.357. The molecule has 0 saturated carbocycles. The topological polar surface area (TPSA) is 69.6 Å². The number of rotatable bonds is 4. The molecule has 7 nitrogen and oxygen atoms in total. The third kappa shape index (κ3) is 5.05. The van der Waals surface area contributed by atoms with Crippen LogP contribution in [-0.4, -0.2) is 70.9 Å². The fraction of sp³-hybridized carbons (Fsp3) is 0.385. The molecular weight excluding hydrogens is 465 g/mol. The molecule has 9 heteroatoms. The van der Waals surface area contributed by atoms with Crippen molar-refractivity contribution in [1.82, 2.24) is 19.8 Å². The Bertz CT molecular complexity index is 1190. The molecule has 2 aliphatic rings. The summed E-state index contributed by atoms with van der Waals surface area (Å²) < 4.78 is 13.2. The predicted molar refractivity (Wildman–Crippen MR) is 134 cm³/mol. The van der Waals surface area contributed by atoms with Gasteiger partial charge < -0.3 is 14.7 Å². The number of aryl methyl sites for hydroxylation is 1. The second kappa shape index (κ2) is 10.1. The smallest absolute Gasteiger partial charge is 0.265 e. The van der Waals surface area contributed by atoms with Gasteiger partial charge in [-0.25, -0.2) is 9.37 Å². The molecule has 4 heterocycles. The molecule has 2 saturated heterocycles. The van der Waals surface area contributed by atoms with Crippen LogP contribution < -0.4 is 4.90 Å². The molecule has 2 aromatic heterocycles. The van der Waals surface area contributed by atoms with Gasteiger partial charge in [0.1, 0.15) is 15.7 Å². The molecule has 0 aliphatic carbocycles. The average Bonchev–Trinajstić information content (AvgIpc) is 3.30. The van der Waals surface area contributed by atoms with E-state index in [9.17, 15) is 14.0 Å². The van der Waals surface area contributed by atoms with Crippen molar-refractivity contribution in [1.29, 1.82) is 0 Å². The lowest BCUT2D eigenvalue weighted by Gasteiger charge is -2.39. The minimum absolute atomic E-state index is 0.0474. The first-order valence-electron chi connectivity index (χ1n) is 12.0. The lowest BCUT2D eigenvalue weighted by atomic mass is 9.96. The van der Waals surface area contributed by atoms with E-state index in [-0.39, 0.29) is 23.5 Å². The van der Waals surface area contributed by atoms with Gasteiger partial charge in [-0.3, -0.25) is 14.6 Å². The van der Waals surface area contributed by atoms with Crippen molar-refractivity contribution in [2.75, 3.05) is 44.2 Å². The second-order valence-corrected chi connectivity index (χ2v) is 10.1. The zero-order chi connectivity index (χ0) is 24.4. The molecule has 2 fully saturated rings. The van der Waals surface area contributed by atoms with Crippen LogP contribution >= 0.6 is 11.3 Å². The number of halogens is 1. The third-order valence-corrected chi connectivity index (χ3v) is 7.93. The Morgan fingerprint density at radius 1 is 1.03 bits per heavy atom. The van der Waals surface area contributed by atoms with Crippen molar-refractivity contribution in [3.8, 4) is 10.6 Å². The lowest BCUT2D eigenvalue weighted by Crippen LogP contribution is -2.53. The van der Waals surface area contributed by atoms with Gasteiger partial charge in [-0.15, -0.1) is 11.3 Å². The van der Waals surface area contributed by atoms with E-state index in [4.69, 9.17) is 0 Å². The standard InChI is InChI=1S/C26H28FN5O2S/c1-18-23(35-24(29-18)19-4-2-10-28-16-19)26(34)32-11-3-5-20(17-32)25(33)31-14-12-30(13-15-31)22-8-6-21(27)7-9-22/h2,4,6-10,16,20H,3,5,11-15,17H2,1H3.